The van der Waals surface area contributed by atoms with Crippen molar-refractivity contribution in [3.63, 3.8) is 0 Å². The van der Waals surface area contributed by atoms with Gasteiger partial charge < -0.3 is 0 Å². The molecule has 0 radical (unpaired) electrons. The second-order valence-corrected chi connectivity index (χ2v) is 5.83. The molecule has 0 bridgehead atoms. The summed E-state index contributed by atoms with van der Waals surface area (Å²) in [5.41, 5.74) is 0.830. The van der Waals surface area contributed by atoms with Crippen molar-refractivity contribution in [1.29, 1.82) is 0 Å². The first-order valence-electron chi connectivity index (χ1n) is 4.91. The van der Waals surface area contributed by atoms with Crippen LogP contribution in [0.1, 0.15) is 0 Å². The number of hydrogen-bond donors (Lipinski definition) is 1. The number of rotatable bonds is 2. The van der Waals surface area contributed by atoms with Crippen LogP contribution in [0.15, 0.2) is 47.4 Å². The van der Waals surface area contributed by atoms with E-state index in [1.807, 2.05) is 0 Å². The van der Waals surface area contributed by atoms with Crippen molar-refractivity contribution in [3.05, 3.63) is 52.5 Å². The van der Waals surface area contributed by atoms with E-state index in [4.69, 9.17) is 23.2 Å². The van der Waals surface area contributed by atoms with E-state index >= 15 is 0 Å². The third-order valence-electron chi connectivity index (χ3n) is 2.39. The van der Waals surface area contributed by atoms with Gasteiger partial charge in [0.25, 0.3) is 10.1 Å². The zero-order chi connectivity index (χ0) is 13.3. The van der Waals surface area contributed by atoms with E-state index in [2.05, 4.69) is 0 Å². The molecule has 0 aliphatic rings. The number of hydrogen-bond acceptors (Lipinski definition) is 2. The van der Waals surface area contributed by atoms with Gasteiger partial charge in [-0.2, -0.15) is 8.42 Å². The molecule has 0 saturated carbocycles. The van der Waals surface area contributed by atoms with Crippen LogP contribution in [0, 0.1) is 0 Å². The highest BCUT2D eigenvalue weighted by atomic mass is 35.5. The van der Waals surface area contributed by atoms with Crippen LogP contribution in [0.5, 0.6) is 0 Å². The molecular formula is C12H8Cl2O3S. The zero-order valence-electron chi connectivity index (χ0n) is 8.97. The highest BCUT2D eigenvalue weighted by Gasteiger charge is 2.17. The fraction of sp³-hybridized carbons (Fsp3) is 0. The fourth-order valence-electron chi connectivity index (χ4n) is 1.62. The molecular weight excluding hydrogens is 295 g/mol. The van der Waals surface area contributed by atoms with Gasteiger partial charge in [-0.1, -0.05) is 47.5 Å². The molecule has 0 atom stereocenters. The summed E-state index contributed by atoms with van der Waals surface area (Å²) in [5, 5.41) is 0.770. The van der Waals surface area contributed by atoms with Gasteiger partial charge >= 0.3 is 0 Å². The molecule has 0 spiro atoms. The van der Waals surface area contributed by atoms with E-state index in [9.17, 15) is 13.0 Å². The predicted octanol–water partition coefficient (Wildman–Crippen LogP) is 3.91. The van der Waals surface area contributed by atoms with Crippen LogP contribution in [-0.2, 0) is 10.1 Å². The highest BCUT2D eigenvalue weighted by Crippen LogP contribution is 2.34. The lowest BCUT2D eigenvalue weighted by Gasteiger charge is -2.09. The van der Waals surface area contributed by atoms with E-state index in [0.717, 1.165) is 0 Å². The quantitative estimate of drug-likeness (QED) is 0.856. The minimum Gasteiger partial charge on any atom is -0.282 e. The maximum Gasteiger partial charge on any atom is 0.295 e. The topological polar surface area (TPSA) is 54.4 Å². The molecule has 1 N–H and O–H groups in total. The molecule has 0 unspecified atom stereocenters. The second kappa shape index (κ2) is 4.90. The minimum atomic E-state index is -4.30. The first kappa shape index (κ1) is 13.4. The lowest BCUT2D eigenvalue weighted by molar-refractivity contribution is 0.483. The first-order chi connectivity index (χ1) is 8.39. The van der Waals surface area contributed by atoms with Crippen LogP contribution in [0.3, 0.4) is 0 Å². The van der Waals surface area contributed by atoms with Crippen LogP contribution in [0.25, 0.3) is 11.1 Å². The molecule has 2 aromatic carbocycles. The molecule has 2 rings (SSSR count). The lowest BCUT2D eigenvalue weighted by atomic mass is 10.1. The molecule has 0 heterocycles. The van der Waals surface area contributed by atoms with Crippen molar-refractivity contribution >= 4 is 33.3 Å². The van der Waals surface area contributed by atoms with Gasteiger partial charge in [-0.3, -0.25) is 4.55 Å². The summed E-state index contributed by atoms with van der Waals surface area (Å²) in [4.78, 5) is -0.186. The van der Waals surface area contributed by atoms with Crippen LogP contribution in [0.2, 0.25) is 10.0 Å². The van der Waals surface area contributed by atoms with Gasteiger partial charge in [-0.05, 0) is 18.2 Å². The molecule has 0 saturated heterocycles. The Morgan fingerprint density at radius 2 is 1.61 bits per heavy atom. The van der Waals surface area contributed by atoms with Gasteiger partial charge in [0.1, 0.15) is 4.90 Å². The second-order valence-electron chi connectivity index (χ2n) is 3.60. The van der Waals surface area contributed by atoms with Gasteiger partial charge in [-0.15, -0.1) is 0 Å². The Balaban J connectivity index is 2.72. The van der Waals surface area contributed by atoms with Crippen molar-refractivity contribution in [3.8, 4) is 11.1 Å². The SMILES string of the molecule is O=S(=O)(O)c1ccccc1-c1ccc(Cl)cc1Cl. The highest BCUT2D eigenvalue weighted by molar-refractivity contribution is 7.86. The summed E-state index contributed by atoms with van der Waals surface area (Å²) in [6, 6.07) is 10.8. The Labute approximate surface area is 115 Å². The average molecular weight is 303 g/mol. The van der Waals surface area contributed by atoms with E-state index in [1.54, 1.807) is 24.3 Å². The molecule has 0 aromatic heterocycles. The summed E-state index contributed by atoms with van der Waals surface area (Å²) >= 11 is 11.8. The molecule has 0 aliphatic heterocycles. The van der Waals surface area contributed by atoms with E-state index < -0.39 is 10.1 Å². The molecule has 2 aromatic rings. The summed E-state index contributed by atoms with van der Waals surface area (Å²) in [7, 11) is -4.30. The Morgan fingerprint density at radius 3 is 2.22 bits per heavy atom. The van der Waals surface area contributed by atoms with E-state index in [-0.39, 0.29) is 4.90 Å². The van der Waals surface area contributed by atoms with Gasteiger partial charge in [-0.25, -0.2) is 0 Å². The average Bonchev–Trinajstić information content (AvgIpc) is 2.28. The van der Waals surface area contributed by atoms with Crippen LogP contribution in [-0.4, -0.2) is 13.0 Å². The molecule has 0 aliphatic carbocycles. The summed E-state index contributed by atoms with van der Waals surface area (Å²) in [6.07, 6.45) is 0. The smallest absolute Gasteiger partial charge is 0.282 e. The molecule has 0 amide bonds. The minimum absolute atomic E-state index is 0.186. The van der Waals surface area contributed by atoms with Crippen molar-refractivity contribution < 1.29 is 13.0 Å². The summed E-state index contributed by atoms with van der Waals surface area (Å²) in [6.45, 7) is 0. The van der Waals surface area contributed by atoms with E-state index in [1.165, 1.54) is 18.2 Å². The Morgan fingerprint density at radius 1 is 0.944 bits per heavy atom. The predicted molar refractivity (Wildman–Crippen MR) is 71.7 cm³/mol. The Hall–Kier alpha value is -1.07. The van der Waals surface area contributed by atoms with Gasteiger partial charge in [0, 0.05) is 21.2 Å². The Bertz CT molecular complexity index is 696. The van der Waals surface area contributed by atoms with Crippen LogP contribution in [0.4, 0.5) is 0 Å². The third-order valence-corrected chi connectivity index (χ3v) is 3.85. The summed E-state index contributed by atoms with van der Waals surface area (Å²) < 4.78 is 31.8. The molecule has 6 heteroatoms. The zero-order valence-corrected chi connectivity index (χ0v) is 11.3. The largest absolute Gasteiger partial charge is 0.295 e. The van der Waals surface area contributed by atoms with Gasteiger partial charge in [0.2, 0.25) is 0 Å². The number of benzene rings is 2. The molecule has 3 nitrogen and oxygen atoms in total. The maximum atomic E-state index is 11.3. The lowest BCUT2D eigenvalue weighted by Crippen LogP contribution is -2.00. The van der Waals surface area contributed by atoms with Crippen molar-refractivity contribution in [1.82, 2.24) is 0 Å². The van der Waals surface area contributed by atoms with Gasteiger partial charge in [0.05, 0.1) is 0 Å². The Kier molecular flexibility index (Phi) is 3.64. The summed E-state index contributed by atoms with van der Waals surface area (Å²) in [5.74, 6) is 0. The fourth-order valence-corrected chi connectivity index (χ4v) is 2.84. The van der Waals surface area contributed by atoms with Gasteiger partial charge in [0.15, 0.2) is 0 Å². The molecule has 0 fully saturated rings. The van der Waals surface area contributed by atoms with E-state index in [0.29, 0.717) is 21.2 Å². The maximum absolute atomic E-state index is 11.3. The number of halogens is 2. The van der Waals surface area contributed by atoms with Crippen molar-refractivity contribution in [2.45, 2.75) is 4.90 Å². The van der Waals surface area contributed by atoms with Crippen LogP contribution >= 0.6 is 23.2 Å². The van der Waals surface area contributed by atoms with Crippen molar-refractivity contribution in [2.24, 2.45) is 0 Å². The first-order valence-corrected chi connectivity index (χ1v) is 7.11. The third kappa shape index (κ3) is 2.67. The monoisotopic (exact) mass is 302 g/mol. The standard InChI is InChI=1S/C12H8Cl2O3S/c13-8-5-6-9(11(14)7-8)10-3-1-2-4-12(10)18(15,16)17/h1-7H,(H,15,16,17). The molecule has 94 valence electrons. The van der Waals surface area contributed by atoms with Crippen LogP contribution < -0.4 is 0 Å². The van der Waals surface area contributed by atoms with Crippen molar-refractivity contribution in [2.75, 3.05) is 0 Å². The normalized spacial score (nSPS) is 11.5. The molecule has 18 heavy (non-hydrogen) atoms.